The average Bonchev–Trinajstić information content (AvgIpc) is 2.95. The topological polar surface area (TPSA) is 21.3 Å². The number of ether oxygens (including phenoxy) is 1. The van der Waals surface area contributed by atoms with Gasteiger partial charge in [-0.1, -0.05) is 12.1 Å². The molecule has 1 aromatic carbocycles. The Morgan fingerprint density at radius 2 is 1.74 bits per heavy atom. The molecule has 0 radical (unpaired) electrons. The third-order valence-electron chi connectivity index (χ3n) is 3.30. The molecule has 0 unspecified atom stereocenters. The summed E-state index contributed by atoms with van der Waals surface area (Å²) in [6.45, 7) is 2.13. The SMILES string of the molecule is Cl.c1cc(-c2ccc(OC3CCNCC3)cc2)cs1. The third kappa shape index (κ3) is 3.72. The molecule has 0 bridgehead atoms. The van der Waals surface area contributed by atoms with Crippen LogP contribution in [0.15, 0.2) is 41.1 Å². The molecule has 1 N–H and O–H groups in total. The quantitative estimate of drug-likeness (QED) is 0.925. The number of nitrogens with one attached hydrogen (secondary N) is 1. The molecule has 0 saturated carbocycles. The maximum absolute atomic E-state index is 5.99. The summed E-state index contributed by atoms with van der Waals surface area (Å²) in [5.41, 5.74) is 2.54. The van der Waals surface area contributed by atoms with E-state index < -0.39 is 0 Å². The smallest absolute Gasteiger partial charge is 0.119 e. The molecule has 2 heterocycles. The van der Waals surface area contributed by atoms with E-state index in [1.165, 1.54) is 11.1 Å². The molecule has 4 heteroatoms. The first kappa shape index (κ1) is 14.4. The third-order valence-corrected chi connectivity index (χ3v) is 3.98. The number of thiophene rings is 1. The largest absolute Gasteiger partial charge is 0.490 e. The zero-order chi connectivity index (χ0) is 12.2. The first-order chi connectivity index (χ1) is 8.92. The molecule has 0 aliphatic carbocycles. The highest BCUT2D eigenvalue weighted by molar-refractivity contribution is 7.08. The molecule has 19 heavy (non-hydrogen) atoms. The summed E-state index contributed by atoms with van der Waals surface area (Å²) >= 11 is 1.73. The lowest BCUT2D eigenvalue weighted by Gasteiger charge is -2.23. The minimum Gasteiger partial charge on any atom is -0.490 e. The van der Waals surface area contributed by atoms with Gasteiger partial charge in [-0.25, -0.2) is 0 Å². The predicted octanol–water partition coefficient (Wildman–Crippen LogP) is 3.97. The Balaban J connectivity index is 0.00000133. The van der Waals surface area contributed by atoms with Gasteiger partial charge in [-0.15, -0.1) is 12.4 Å². The standard InChI is InChI=1S/C15H17NOS.ClH/c1-3-14(17-15-5-8-16-9-6-15)4-2-12(1)13-7-10-18-11-13;/h1-4,7,10-11,15-16H,5-6,8-9H2;1H. The minimum atomic E-state index is 0. The van der Waals surface area contributed by atoms with Crippen molar-refractivity contribution in [2.24, 2.45) is 0 Å². The molecular formula is C15H18ClNOS. The van der Waals surface area contributed by atoms with Crippen molar-refractivity contribution in [3.05, 3.63) is 41.1 Å². The number of hydrogen-bond acceptors (Lipinski definition) is 3. The number of benzene rings is 1. The van der Waals surface area contributed by atoms with Gasteiger partial charge < -0.3 is 10.1 Å². The fourth-order valence-corrected chi connectivity index (χ4v) is 2.93. The molecule has 0 amide bonds. The number of halogens is 1. The highest BCUT2D eigenvalue weighted by Crippen LogP contribution is 2.25. The lowest BCUT2D eigenvalue weighted by atomic mass is 10.1. The van der Waals surface area contributed by atoms with E-state index in [4.69, 9.17) is 4.74 Å². The van der Waals surface area contributed by atoms with E-state index in [-0.39, 0.29) is 12.4 Å². The fraction of sp³-hybridized carbons (Fsp3) is 0.333. The van der Waals surface area contributed by atoms with E-state index in [2.05, 4.69) is 46.4 Å². The molecule has 2 aromatic rings. The lowest BCUT2D eigenvalue weighted by Crippen LogP contribution is -2.34. The second-order valence-electron chi connectivity index (χ2n) is 4.60. The van der Waals surface area contributed by atoms with Gasteiger partial charge in [-0.2, -0.15) is 11.3 Å². The zero-order valence-corrected chi connectivity index (χ0v) is 12.3. The normalized spacial score (nSPS) is 15.8. The van der Waals surface area contributed by atoms with Crippen LogP contribution < -0.4 is 10.1 Å². The fourth-order valence-electron chi connectivity index (χ4n) is 2.26. The van der Waals surface area contributed by atoms with Crippen LogP contribution in [0.1, 0.15) is 12.8 Å². The van der Waals surface area contributed by atoms with E-state index in [1.54, 1.807) is 11.3 Å². The van der Waals surface area contributed by atoms with Gasteiger partial charge in [0.25, 0.3) is 0 Å². The molecule has 1 aliphatic rings. The minimum absolute atomic E-state index is 0. The highest BCUT2D eigenvalue weighted by Gasteiger charge is 2.14. The lowest BCUT2D eigenvalue weighted by molar-refractivity contribution is 0.162. The van der Waals surface area contributed by atoms with Crippen LogP contribution in [0.25, 0.3) is 11.1 Å². The number of hydrogen-bond donors (Lipinski definition) is 1. The Kier molecular flexibility index (Phi) is 5.25. The highest BCUT2D eigenvalue weighted by atomic mass is 35.5. The van der Waals surface area contributed by atoms with Crippen LogP contribution in [0.5, 0.6) is 5.75 Å². The van der Waals surface area contributed by atoms with Crippen LogP contribution in [0, 0.1) is 0 Å². The summed E-state index contributed by atoms with van der Waals surface area (Å²) in [6, 6.07) is 10.6. The van der Waals surface area contributed by atoms with Crippen LogP contribution in [0.2, 0.25) is 0 Å². The Morgan fingerprint density at radius 3 is 2.37 bits per heavy atom. The van der Waals surface area contributed by atoms with Crippen molar-refractivity contribution in [1.82, 2.24) is 5.32 Å². The second-order valence-corrected chi connectivity index (χ2v) is 5.38. The summed E-state index contributed by atoms with van der Waals surface area (Å²) in [5.74, 6) is 0.987. The molecule has 1 aromatic heterocycles. The Labute approximate surface area is 124 Å². The van der Waals surface area contributed by atoms with Crippen LogP contribution >= 0.6 is 23.7 Å². The molecule has 1 fully saturated rings. The van der Waals surface area contributed by atoms with Crippen LogP contribution in [-0.2, 0) is 0 Å². The molecule has 2 nitrogen and oxygen atoms in total. The van der Waals surface area contributed by atoms with E-state index in [0.29, 0.717) is 6.10 Å². The van der Waals surface area contributed by atoms with Gasteiger partial charge in [0.05, 0.1) is 0 Å². The van der Waals surface area contributed by atoms with E-state index in [0.717, 1.165) is 31.7 Å². The summed E-state index contributed by atoms with van der Waals surface area (Å²) in [5, 5.41) is 7.62. The van der Waals surface area contributed by atoms with Gasteiger partial charge in [-0.3, -0.25) is 0 Å². The number of piperidine rings is 1. The van der Waals surface area contributed by atoms with Gasteiger partial charge in [0.15, 0.2) is 0 Å². The molecule has 102 valence electrons. The van der Waals surface area contributed by atoms with Crippen LogP contribution in [-0.4, -0.2) is 19.2 Å². The predicted molar refractivity (Wildman–Crippen MR) is 83.5 cm³/mol. The first-order valence-corrected chi connectivity index (χ1v) is 7.36. The monoisotopic (exact) mass is 295 g/mol. The Bertz CT molecular complexity index is 477. The van der Waals surface area contributed by atoms with E-state index >= 15 is 0 Å². The average molecular weight is 296 g/mol. The second kappa shape index (κ2) is 6.94. The summed E-state index contributed by atoms with van der Waals surface area (Å²) in [4.78, 5) is 0. The molecule has 0 spiro atoms. The van der Waals surface area contributed by atoms with Crippen LogP contribution in [0.4, 0.5) is 0 Å². The summed E-state index contributed by atoms with van der Waals surface area (Å²) in [6.07, 6.45) is 2.58. The van der Waals surface area contributed by atoms with Gasteiger partial charge in [-0.05, 0) is 66.0 Å². The molecule has 1 aliphatic heterocycles. The van der Waals surface area contributed by atoms with Crippen molar-refractivity contribution in [2.75, 3.05) is 13.1 Å². The van der Waals surface area contributed by atoms with E-state index in [1.807, 2.05) is 0 Å². The molecule has 3 rings (SSSR count). The Hall–Kier alpha value is -1.03. The summed E-state index contributed by atoms with van der Waals surface area (Å²) < 4.78 is 5.99. The van der Waals surface area contributed by atoms with Gasteiger partial charge in [0.2, 0.25) is 0 Å². The molecule has 1 saturated heterocycles. The first-order valence-electron chi connectivity index (χ1n) is 6.42. The zero-order valence-electron chi connectivity index (χ0n) is 10.7. The molecular weight excluding hydrogens is 278 g/mol. The van der Waals surface area contributed by atoms with Crippen molar-refractivity contribution in [1.29, 1.82) is 0 Å². The summed E-state index contributed by atoms with van der Waals surface area (Å²) in [7, 11) is 0. The van der Waals surface area contributed by atoms with Gasteiger partial charge in [0, 0.05) is 0 Å². The van der Waals surface area contributed by atoms with Crippen molar-refractivity contribution in [2.45, 2.75) is 18.9 Å². The van der Waals surface area contributed by atoms with Crippen molar-refractivity contribution >= 4 is 23.7 Å². The van der Waals surface area contributed by atoms with Crippen molar-refractivity contribution in [3.63, 3.8) is 0 Å². The number of rotatable bonds is 3. The molecule has 0 atom stereocenters. The van der Waals surface area contributed by atoms with Crippen LogP contribution in [0.3, 0.4) is 0 Å². The van der Waals surface area contributed by atoms with Gasteiger partial charge in [0.1, 0.15) is 11.9 Å². The maximum Gasteiger partial charge on any atom is 0.119 e. The Morgan fingerprint density at radius 1 is 1.00 bits per heavy atom. The van der Waals surface area contributed by atoms with Gasteiger partial charge >= 0.3 is 0 Å². The van der Waals surface area contributed by atoms with Crippen molar-refractivity contribution < 1.29 is 4.74 Å². The van der Waals surface area contributed by atoms with E-state index in [9.17, 15) is 0 Å². The van der Waals surface area contributed by atoms with Crippen molar-refractivity contribution in [3.8, 4) is 16.9 Å². The maximum atomic E-state index is 5.99.